The van der Waals surface area contributed by atoms with E-state index in [-0.39, 0.29) is 5.78 Å². The van der Waals surface area contributed by atoms with Gasteiger partial charge in [0.2, 0.25) is 0 Å². The second kappa shape index (κ2) is 5.69. The quantitative estimate of drug-likeness (QED) is 0.720. The Hall–Kier alpha value is -1.12. The molecule has 1 atom stereocenters. The second-order valence-corrected chi connectivity index (χ2v) is 4.01. The third-order valence-electron chi connectivity index (χ3n) is 2.61. The third-order valence-corrected chi connectivity index (χ3v) is 2.61. The van der Waals surface area contributed by atoms with E-state index >= 15 is 0 Å². The molecule has 0 N–H and O–H groups in total. The minimum Gasteiger partial charge on any atom is -0.299 e. The molecule has 1 aromatic heterocycles. The maximum atomic E-state index is 11.4. The molecule has 0 saturated carbocycles. The van der Waals surface area contributed by atoms with E-state index < -0.39 is 0 Å². The highest BCUT2D eigenvalue weighted by Gasteiger charge is 2.07. The van der Waals surface area contributed by atoms with Crippen LogP contribution in [0, 0.1) is 0 Å². The molecule has 0 aliphatic heterocycles. The van der Waals surface area contributed by atoms with Crippen molar-refractivity contribution in [2.24, 2.45) is 0 Å². The van der Waals surface area contributed by atoms with Crippen LogP contribution < -0.4 is 0 Å². The SMILES string of the molecule is CCCC(=O)Cc1ccn(C(C)CC)n1. The Balaban J connectivity index is 2.56. The zero-order valence-electron chi connectivity index (χ0n) is 9.86. The highest BCUT2D eigenvalue weighted by Crippen LogP contribution is 2.10. The van der Waals surface area contributed by atoms with Gasteiger partial charge in [-0.15, -0.1) is 0 Å². The Bertz CT molecular complexity index is 317. The summed E-state index contributed by atoms with van der Waals surface area (Å²) in [6.07, 6.45) is 5.09. The summed E-state index contributed by atoms with van der Waals surface area (Å²) in [5.41, 5.74) is 0.897. The monoisotopic (exact) mass is 208 g/mol. The molecular weight excluding hydrogens is 188 g/mol. The van der Waals surface area contributed by atoms with Gasteiger partial charge in [-0.05, 0) is 25.8 Å². The number of nitrogens with zero attached hydrogens (tertiary/aromatic N) is 2. The van der Waals surface area contributed by atoms with Crippen molar-refractivity contribution in [1.29, 1.82) is 0 Å². The maximum absolute atomic E-state index is 11.4. The van der Waals surface area contributed by atoms with Gasteiger partial charge in [0.05, 0.1) is 12.1 Å². The molecule has 3 heteroatoms. The predicted octanol–water partition coefficient (Wildman–Crippen LogP) is 2.77. The van der Waals surface area contributed by atoms with Crippen LogP contribution in [0.1, 0.15) is 51.8 Å². The van der Waals surface area contributed by atoms with Gasteiger partial charge in [-0.1, -0.05) is 13.8 Å². The van der Waals surface area contributed by atoms with E-state index in [0.29, 0.717) is 18.9 Å². The van der Waals surface area contributed by atoms with Crippen molar-refractivity contribution >= 4 is 5.78 Å². The fourth-order valence-electron chi connectivity index (χ4n) is 1.47. The van der Waals surface area contributed by atoms with Crippen LogP contribution in [-0.2, 0) is 11.2 Å². The van der Waals surface area contributed by atoms with Crippen LogP contribution in [-0.4, -0.2) is 15.6 Å². The first-order chi connectivity index (χ1) is 7.17. The zero-order chi connectivity index (χ0) is 11.3. The number of carbonyl (C=O) groups is 1. The van der Waals surface area contributed by atoms with E-state index in [1.807, 2.05) is 23.9 Å². The first-order valence-electron chi connectivity index (χ1n) is 5.73. The fraction of sp³-hybridized carbons (Fsp3) is 0.667. The molecule has 0 aliphatic carbocycles. The summed E-state index contributed by atoms with van der Waals surface area (Å²) in [4.78, 5) is 11.4. The van der Waals surface area contributed by atoms with E-state index in [1.54, 1.807) is 0 Å². The van der Waals surface area contributed by atoms with E-state index in [1.165, 1.54) is 0 Å². The van der Waals surface area contributed by atoms with Crippen LogP contribution in [0.15, 0.2) is 12.3 Å². The van der Waals surface area contributed by atoms with Crippen molar-refractivity contribution < 1.29 is 4.79 Å². The molecule has 0 aromatic carbocycles. The molecule has 1 heterocycles. The Morgan fingerprint density at radius 3 is 2.87 bits per heavy atom. The van der Waals surface area contributed by atoms with Crippen molar-refractivity contribution in [3.63, 3.8) is 0 Å². The van der Waals surface area contributed by atoms with Crippen LogP contribution in [0.2, 0.25) is 0 Å². The van der Waals surface area contributed by atoms with Gasteiger partial charge in [0.15, 0.2) is 0 Å². The minimum absolute atomic E-state index is 0.284. The van der Waals surface area contributed by atoms with Crippen LogP contribution in [0.4, 0.5) is 0 Å². The molecule has 1 unspecified atom stereocenters. The molecule has 84 valence electrons. The molecule has 0 fully saturated rings. The van der Waals surface area contributed by atoms with Gasteiger partial charge >= 0.3 is 0 Å². The molecule has 15 heavy (non-hydrogen) atoms. The number of rotatable bonds is 6. The summed E-state index contributed by atoms with van der Waals surface area (Å²) in [5, 5.41) is 4.40. The normalized spacial score (nSPS) is 12.7. The predicted molar refractivity (Wildman–Crippen MR) is 60.8 cm³/mol. The molecule has 0 bridgehead atoms. The Labute approximate surface area is 91.5 Å². The first-order valence-corrected chi connectivity index (χ1v) is 5.73. The van der Waals surface area contributed by atoms with Crippen LogP contribution >= 0.6 is 0 Å². The van der Waals surface area contributed by atoms with Crippen molar-refractivity contribution in [1.82, 2.24) is 9.78 Å². The largest absolute Gasteiger partial charge is 0.299 e. The van der Waals surface area contributed by atoms with Crippen molar-refractivity contribution in [2.45, 2.75) is 52.5 Å². The lowest BCUT2D eigenvalue weighted by molar-refractivity contribution is -0.118. The van der Waals surface area contributed by atoms with E-state index in [9.17, 15) is 4.79 Å². The number of Topliss-reactive ketones (excluding diaryl/α,β-unsaturated/α-hetero) is 1. The number of hydrogen-bond donors (Lipinski definition) is 0. The van der Waals surface area contributed by atoms with Gasteiger partial charge in [-0.3, -0.25) is 9.48 Å². The second-order valence-electron chi connectivity index (χ2n) is 4.01. The fourth-order valence-corrected chi connectivity index (χ4v) is 1.47. The molecule has 0 spiro atoms. The summed E-state index contributed by atoms with van der Waals surface area (Å²) in [6, 6.07) is 2.36. The van der Waals surface area contributed by atoms with Gasteiger partial charge in [0.1, 0.15) is 5.78 Å². The molecule has 0 amide bonds. The van der Waals surface area contributed by atoms with Crippen LogP contribution in [0.25, 0.3) is 0 Å². The van der Waals surface area contributed by atoms with Crippen molar-refractivity contribution in [3.8, 4) is 0 Å². The third kappa shape index (κ3) is 3.50. The number of aromatic nitrogens is 2. The van der Waals surface area contributed by atoms with Gasteiger partial charge in [0.25, 0.3) is 0 Å². The summed E-state index contributed by atoms with van der Waals surface area (Å²) >= 11 is 0. The average molecular weight is 208 g/mol. The topological polar surface area (TPSA) is 34.9 Å². The minimum atomic E-state index is 0.284. The molecule has 0 aliphatic rings. The maximum Gasteiger partial charge on any atom is 0.138 e. The van der Waals surface area contributed by atoms with Gasteiger partial charge in [0, 0.05) is 18.7 Å². The lowest BCUT2D eigenvalue weighted by Gasteiger charge is -2.07. The summed E-state index contributed by atoms with van der Waals surface area (Å²) in [7, 11) is 0. The first kappa shape index (κ1) is 12.0. The summed E-state index contributed by atoms with van der Waals surface area (Å²) in [5.74, 6) is 0.284. The van der Waals surface area contributed by atoms with Crippen LogP contribution in [0.5, 0.6) is 0 Å². The Morgan fingerprint density at radius 1 is 1.53 bits per heavy atom. The average Bonchev–Trinajstić information content (AvgIpc) is 2.65. The molecule has 1 rings (SSSR count). The summed E-state index contributed by atoms with van der Waals surface area (Å²) < 4.78 is 1.94. The van der Waals surface area contributed by atoms with Crippen molar-refractivity contribution in [3.05, 3.63) is 18.0 Å². The lowest BCUT2D eigenvalue weighted by Crippen LogP contribution is -2.07. The molecule has 1 aromatic rings. The number of hydrogen-bond acceptors (Lipinski definition) is 2. The van der Waals surface area contributed by atoms with E-state index in [0.717, 1.165) is 18.5 Å². The molecule has 0 saturated heterocycles. The van der Waals surface area contributed by atoms with E-state index in [4.69, 9.17) is 0 Å². The summed E-state index contributed by atoms with van der Waals surface area (Å²) in [6.45, 7) is 6.29. The van der Waals surface area contributed by atoms with Gasteiger partial charge in [-0.2, -0.15) is 5.10 Å². The Kier molecular flexibility index (Phi) is 4.53. The highest BCUT2D eigenvalue weighted by molar-refractivity contribution is 5.80. The van der Waals surface area contributed by atoms with Gasteiger partial charge < -0.3 is 0 Å². The highest BCUT2D eigenvalue weighted by atomic mass is 16.1. The zero-order valence-corrected chi connectivity index (χ0v) is 9.86. The molecular formula is C12H20N2O. The smallest absolute Gasteiger partial charge is 0.138 e. The van der Waals surface area contributed by atoms with E-state index in [2.05, 4.69) is 18.9 Å². The number of ketones is 1. The van der Waals surface area contributed by atoms with Crippen molar-refractivity contribution in [2.75, 3.05) is 0 Å². The molecule has 0 radical (unpaired) electrons. The standard InChI is InChI=1S/C12H20N2O/c1-4-6-12(15)9-11-7-8-14(13-11)10(3)5-2/h7-8,10H,4-6,9H2,1-3H3. The molecule has 3 nitrogen and oxygen atoms in total. The van der Waals surface area contributed by atoms with Gasteiger partial charge in [-0.25, -0.2) is 0 Å². The van der Waals surface area contributed by atoms with Crippen LogP contribution in [0.3, 0.4) is 0 Å². The number of carbonyl (C=O) groups excluding carboxylic acids is 1. The Morgan fingerprint density at radius 2 is 2.27 bits per heavy atom. The lowest BCUT2D eigenvalue weighted by atomic mass is 10.1.